The summed E-state index contributed by atoms with van der Waals surface area (Å²) in [6.07, 6.45) is 0. The van der Waals surface area contributed by atoms with Crippen molar-refractivity contribution in [3.8, 4) is 11.4 Å². The maximum absolute atomic E-state index is 6.14. The van der Waals surface area contributed by atoms with Gasteiger partial charge in [0, 0.05) is 9.13 Å². The zero-order valence-corrected chi connectivity index (χ0v) is 14.4. The summed E-state index contributed by atoms with van der Waals surface area (Å²) in [7, 11) is 0. The molecule has 0 bridgehead atoms. The van der Waals surface area contributed by atoms with Crippen LogP contribution < -0.4 is 0 Å². The molecule has 1 aromatic heterocycles. The van der Waals surface area contributed by atoms with Crippen LogP contribution in [0.25, 0.3) is 11.4 Å². The van der Waals surface area contributed by atoms with E-state index >= 15 is 0 Å². The lowest BCUT2D eigenvalue weighted by Gasteiger charge is -2.10. The number of aromatic nitrogens is 2. The molecule has 18 heavy (non-hydrogen) atoms. The molecule has 0 saturated carbocycles. The van der Waals surface area contributed by atoms with Gasteiger partial charge in [-0.3, -0.25) is 0 Å². The van der Waals surface area contributed by atoms with Crippen LogP contribution in [0.15, 0.2) is 28.7 Å². The second kappa shape index (κ2) is 5.84. The van der Waals surface area contributed by atoms with E-state index in [1.54, 1.807) is 0 Å². The molecule has 0 fully saturated rings. The maximum Gasteiger partial charge on any atom is 0.161 e. The van der Waals surface area contributed by atoms with Crippen LogP contribution in [-0.2, 0) is 0 Å². The average Bonchev–Trinajstić information content (AvgIpc) is 2.33. The Balaban J connectivity index is 2.55. The minimum absolute atomic E-state index is 0.294. The Labute approximate surface area is 133 Å². The summed E-state index contributed by atoms with van der Waals surface area (Å²) < 4.78 is 1.97. The normalized spacial score (nSPS) is 11.0. The van der Waals surface area contributed by atoms with Crippen LogP contribution in [0.3, 0.4) is 0 Å². The first-order chi connectivity index (χ1) is 8.49. The highest BCUT2D eigenvalue weighted by Crippen LogP contribution is 2.31. The lowest BCUT2D eigenvalue weighted by Crippen LogP contribution is -2.00. The Kier molecular flexibility index (Phi) is 4.61. The monoisotopic (exact) mass is 436 g/mol. The van der Waals surface area contributed by atoms with Gasteiger partial charge in [0.1, 0.15) is 5.15 Å². The van der Waals surface area contributed by atoms with E-state index in [0.29, 0.717) is 16.9 Å². The average molecular weight is 438 g/mol. The van der Waals surface area contributed by atoms with Crippen molar-refractivity contribution in [2.75, 3.05) is 0 Å². The predicted octanol–water partition coefficient (Wildman–Crippen LogP) is 5.29. The molecule has 0 unspecified atom stereocenters. The van der Waals surface area contributed by atoms with Crippen molar-refractivity contribution >= 4 is 50.1 Å². The molecule has 0 saturated heterocycles. The van der Waals surface area contributed by atoms with Crippen LogP contribution >= 0.6 is 50.1 Å². The van der Waals surface area contributed by atoms with Crippen LogP contribution in [0.5, 0.6) is 0 Å². The second-order valence-electron chi connectivity index (χ2n) is 4.20. The van der Waals surface area contributed by atoms with E-state index < -0.39 is 0 Å². The number of rotatable bonds is 2. The van der Waals surface area contributed by atoms with E-state index in [-0.39, 0.29) is 0 Å². The first kappa shape index (κ1) is 14.2. The van der Waals surface area contributed by atoms with Gasteiger partial charge in [-0.15, -0.1) is 0 Å². The molecule has 0 radical (unpaired) electrons. The highest BCUT2D eigenvalue weighted by Gasteiger charge is 2.14. The van der Waals surface area contributed by atoms with Gasteiger partial charge in [-0.2, -0.15) is 0 Å². The number of nitrogens with zero attached hydrogens (tertiary/aromatic N) is 2. The molecule has 1 aromatic carbocycles. The molecule has 0 amide bonds. The van der Waals surface area contributed by atoms with Gasteiger partial charge >= 0.3 is 0 Å². The standard InChI is InChI=1S/C13H11BrClIN2/c1-7(2)11-10(14)12(15)18-13(17-11)8-3-5-9(16)6-4-8/h3-7H,1-2H3. The van der Waals surface area contributed by atoms with Crippen molar-refractivity contribution in [2.45, 2.75) is 19.8 Å². The zero-order valence-electron chi connectivity index (χ0n) is 9.92. The first-order valence-corrected chi connectivity index (χ1v) is 7.73. The predicted molar refractivity (Wildman–Crippen MR) is 87.0 cm³/mol. The van der Waals surface area contributed by atoms with Gasteiger partial charge in [0.2, 0.25) is 0 Å². The van der Waals surface area contributed by atoms with Gasteiger partial charge in [-0.25, -0.2) is 9.97 Å². The SMILES string of the molecule is CC(C)c1nc(-c2ccc(I)cc2)nc(Cl)c1Br. The highest BCUT2D eigenvalue weighted by atomic mass is 127. The molecule has 2 aromatic rings. The summed E-state index contributed by atoms with van der Waals surface area (Å²) in [6.45, 7) is 4.17. The van der Waals surface area contributed by atoms with Crippen molar-refractivity contribution in [3.63, 3.8) is 0 Å². The van der Waals surface area contributed by atoms with Gasteiger partial charge < -0.3 is 0 Å². The van der Waals surface area contributed by atoms with Gasteiger partial charge in [0.25, 0.3) is 0 Å². The fourth-order valence-corrected chi connectivity index (χ4v) is 2.72. The molecule has 1 heterocycles. The summed E-state index contributed by atoms with van der Waals surface area (Å²) in [5, 5.41) is 0.460. The highest BCUT2D eigenvalue weighted by molar-refractivity contribution is 14.1. The second-order valence-corrected chi connectivity index (χ2v) is 6.60. The van der Waals surface area contributed by atoms with Crippen LogP contribution in [0.1, 0.15) is 25.5 Å². The first-order valence-electron chi connectivity index (χ1n) is 5.48. The maximum atomic E-state index is 6.14. The molecule has 0 atom stereocenters. The van der Waals surface area contributed by atoms with Crippen molar-refractivity contribution in [1.82, 2.24) is 9.97 Å². The Morgan fingerprint density at radius 3 is 2.33 bits per heavy atom. The minimum Gasteiger partial charge on any atom is -0.232 e. The summed E-state index contributed by atoms with van der Waals surface area (Å²) in [6, 6.07) is 8.07. The number of hydrogen-bond acceptors (Lipinski definition) is 2. The molecular weight excluding hydrogens is 426 g/mol. The summed E-state index contributed by atoms with van der Waals surface area (Å²) in [5.41, 5.74) is 1.91. The number of hydrogen-bond donors (Lipinski definition) is 0. The van der Waals surface area contributed by atoms with Gasteiger partial charge in [0.15, 0.2) is 5.82 Å². The molecule has 0 N–H and O–H groups in total. The Morgan fingerprint density at radius 1 is 1.17 bits per heavy atom. The summed E-state index contributed by atoms with van der Waals surface area (Å²) >= 11 is 11.9. The van der Waals surface area contributed by atoms with Crippen LogP contribution in [-0.4, -0.2) is 9.97 Å². The Morgan fingerprint density at radius 2 is 1.78 bits per heavy atom. The third kappa shape index (κ3) is 3.03. The van der Waals surface area contributed by atoms with Crippen LogP contribution in [0, 0.1) is 3.57 Å². The van der Waals surface area contributed by atoms with E-state index in [1.165, 1.54) is 3.57 Å². The zero-order chi connectivity index (χ0) is 13.3. The van der Waals surface area contributed by atoms with Crippen molar-refractivity contribution in [2.24, 2.45) is 0 Å². The van der Waals surface area contributed by atoms with E-state index in [0.717, 1.165) is 15.7 Å². The molecular formula is C13H11BrClIN2. The minimum atomic E-state index is 0.294. The van der Waals surface area contributed by atoms with Crippen LogP contribution in [0.2, 0.25) is 5.15 Å². The smallest absolute Gasteiger partial charge is 0.161 e. The van der Waals surface area contributed by atoms with Gasteiger partial charge in [0.05, 0.1) is 10.2 Å². The lowest BCUT2D eigenvalue weighted by molar-refractivity contribution is 0.809. The van der Waals surface area contributed by atoms with Crippen LogP contribution in [0.4, 0.5) is 0 Å². The van der Waals surface area contributed by atoms with Gasteiger partial charge in [-0.05, 0) is 56.6 Å². The molecule has 94 valence electrons. The molecule has 0 aliphatic carbocycles. The van der Waals surface area contributed by atoms with E-state index in [9.17, 15) is 0 Å². The quantitative estimate of drug-likeness (QED) is 0.472. The molecule has 0 aliphatic heterocycles. The molecule has 0 aliphatic rings. The van der Waals surface area contributed by atoms with E-state index in [1.807, 2.05) is 24.3 Å². The third-order valence-corrected chi connectivity index (χ3v) is 4.49. The van der Waals surface area contributed by atoms with Crippen molar-refractivity contribution in [3.05, 3.63) is 43.2 Å². The molecule has 5 heteroatoms. The third-order valence-electron chi connectivity index (χ3n) is 2.49. The van der Waals surface area contributed by atoms with E-state index in [2.05, 4.69) is 62.3 Å². The number of benzene rings is 1. The number of halogens is 3. The van der Waals surface area contributed by atoms with Gasteiger partial charge in [-0.1, -0.05) is 37.6 Å². The molecule has 2 rings (SSSR count). The topological polar surface area (TPSA) is 25.8 Å². The Bertz CT molecular complexity index is 570. The fraction of sp³-hybridized carbons (Fsp3) is 0.231. The summed E-state index contributed by atoms with van der Waals surface area (Å²) in [5.74, 6) is 0.964. The lowest BCUT2D eigenvalue weighted by atomic mass is 10.1. The van der Waals surface area contributed by atoms with E-state index in [4.69, 9.17) is 11.6 Å². The largest absolute Gasteiger partial charge is 0.232 e. The molecule has 2 nitrogen and oxygen atoms in total. The van der Waals surface area contributed by atoms with Crippen molar-refractivity contribution < 1.29 is 0 Å². The summed E-state index contributed by atoms with van der Waals surface area (Å²) in [4.78, 5) is 8.91. The Hall–Kier alpha value is -0.200. The fourth-order valence-electron chi connectivity index (χ4n) is 1.55. The van der Waals surface area contributed by atoms with Crippen molar-refractivity contribution in [1.29, 1.82) is 0 Å². The molecule has 0 spiro atoms.